The van der Waals surface area contributed by atoms with Crippen molar-refractivity contribution in [3.8, 4) is 0 Å². The van der Waals surface area contributed by atoms with Gasteiger partial charge in [0.05, 0.1) is 6.04 Å². The first-order valence-electron chi connectivity index (χ1n) is 12.6. The Morgan fingerprint density at radius 2 is 1.89 bits per heavy atom. The molecule has 2 heterocycles. The van der Waals surface area contributed by atoms with Gasteiger partial charge >= 0.3 is 0 Å². The number of nitrogens with one attached hydrogen (secondary N) is 1. The number of carbonyl (C=O) groups is 2. The third-order valence-electron chi connectivity index (χ3n) is 6.90. The van der Waals surface area contributed by atoms with E-state index in [9.17, 15) is 9.59 Å². The van der Waals surface area contributed by atoms with Crippen LogP contribution in [-0.2, 0) is 22.6 Å². The highest BCUT2D eigenvalue weighted by Gasteiger charge is 2.41. The van der Waals surface area contributed by atoms with Crippen LogP contribution >= 0.6 is 0 Å². The molecule has 2 unspecified atom stereocenters. The molecule has 1 aromatic heterocycles. The van der Waals surface area contributed by atoms with Gasteiger partial charge in [-0.3, -0.25) is 14.6 Å². The van der Waals surface area contributed by atoms with Crippen molar-refractivity contribution in [1.82, 2.24) is 15.2 Å². The highest BCUT2D eigenvalue weighted by Crippen LogP contribution is 2.34. The molecule has 36 heavy (non-hydrogen) atoms. The Balaban J connectivity index is 1.31. The molecule has 0 radical (unpaired) electrons. The molecule has 2 aliphatic rings. The zero-order valence-electron chi connectivity index (χ0n) is 20.5. The molecule has 184 valence electrons. The molecule has 1 saturated heterocycles. The van der Waals surface area contributed by atoms with Crippen molar-refractivity contribution in [3.05, 3.63) is 107 Å². The Hall–Kier alpha value is -3.93. The number of rotatable bonds is 6. The van der Waals surface area contributed by atoms with E-state index < -0.39 is 0 Å². The first-order valence-corrected chi connectivity index (χ1v) is 12.6. The maximum atomic E-state index is 13.5. The zero-order valence-corrected chi connectivity index (χ0v) is 20.5. The van der Waals surface area contributed by atoms with E-state index >= 15 is 0 Å². The van der Waals surface area contributed by atoms with E-state index in [0.717, 1.165) is 42.4 Å². The molecule has 5 rings (SSSR count). The fourth-order valence-electron chi connectivity index (χ4n) is 5.04. The second-order valence-corrected chi connectivity index (χ2v) is 9.60. The van der Waals surface area contributed by atoms with Gasteiger partial charge in [0.1, 0.15) is 6.10 Å². The minimum absolute atomic E-state index is 0.0186. The number of aryl methyl sites for hydroxylation is 1. The van der Waals surface area contributed by atoms with Gasteiger partial charge in [0.15, 0.2) is 5.76 Å². The van der Waals surface area contributed by atoms with Crippen molar-refractivity contribution < 1.29 is 14.3 Å². The Kier molecular flexibility index (Phi) is 7.12. The number of hydrogen-bond donors (Lipinski definition) is 1. The van der Waals surface area contributed by atoms with Crippen LogP contribution in [0.1, 0.15) is 58.3 Å². The summed E-state index contributed by atoms with van der Waals surface area (Å²) in [5.74, 6) is 0.148. The van der Waals surface area contributed by atoms with Gasteiger partial charge in [-0.1, -0.05) is 54.4 Å². The number of benzene rings is 2. The maximum absolute atomic E-state index is 13.5. The van der Waals surface area contributed by atoms with Gasteiger partial charge in [-0.15, -0.1) is 0 Å². The van der Waals surface area contributed by atoms with Gasteiger partial charge in [0.2, 0.25) is 0 Å². The van der Waals surface area contributed by atoms with Crippen molar-refractivity contribution in [2.75, 3.05) is 0 Å². The fraction of sp³-hybridized carbons (Fsp3) is 0.300. The smallest absolute Gasteiger partial charge is 0.289 e. The third kappa shape index (κ3) is 5.48. The van der Waals surface area contributed by atoms with Gasteiger partial charge in [-0.2, -0.15) is 0 Å². The van der Waals surface area contributed by atoms with Crippen LogP contribution in [0, 0.1) is 6.92 Å². The monoisotopic (exact) mass is 481 g/mol. The minimum atomic E-state index is -0.155. The average Bonchev–Trinajstić information content (AvgIpc) is 2.91. The minimum Gasteiger partial charge on any atom is -0.482 e. The quantitative estimate of drug-likeness (QED) is 0.501. The average molecular weight is 482 g/mol. The summed E-state index contributed by atoms with van der Waals surface area (Å²) in [6.07, 6.45) is 9.41. The molecule has 2 amide bonds. The highest BCUT2D eigenvalue weighted by atomic mass is 16.5. The first-order chi connectivity index (χ1) is 17.6. The number of ether oxygens (including phenoxy) is 1. The van der Waals surface area contributed by atoms with E-state index in [2.05, 4.69) is 35.4 Å². The molecule has 0 spiro atoms. The van der Waals surface area contributed by atoms with Crippen molar-refractivity contribution in [1.29, 1.82) is 0 Å². The normalized spacial score (nSPS) is 20.5. The van der Waals surface area contributed by atoms with Crippen LogP contribution in [0.2, 0.25) is 0 Å². The molecule has 0 bridgehead atoms. The standard InChI is InChI=1S/C30H31N3O3/c1-21-6-4-7-23(16-21)20-33-26-9-2-3-10-27(26)36-28(30(33)35)17-22-11-13-25(14-12-22)29(34)32-19-24-8-5-15-31-18-24/h4-8,11-18,26-27H,2-3,9-10,19-20H2,1H3,(H,32,34)/b28-17+. The van der Waals surface area contributed by atoms with Crippen LogP contribution in [0.25, 0.3) is 6.08 Å². The van der Waals surface area contributed by atoms with Crippen LogP contribution in [0.3, 0.4) is 0 Å². The molecule has 3 aromatic rings. The van der Waals surface area contributed by atoms with Crippen molar-refractivity contribution >= 4 is 17.9 Å². The van der Waals surface area contributed by atoms with E-state index in [1.807, 2.05) is 35.2 Å². The molecular formula is C30H31N3O3. The third-order valence-corrected chi connectivity index (χ3v) is 6.90. The van der Waals surface area contributed by atoms with E-state index in [0.29, 0.717) is 24.4 Å². The lowest BCUT2D eigenvalue weighted by Crippen LogP contribution is -2.54. The second kappa shape index (κ2) is 10.8. The molecule has 2 atom stereocenters. The Bertz CT molecular complexity index is 1250. The maximum Gasteiger partial charge on any atom is 0.289 e. The molecular weight excluding hydrogens is 450 g/mol. The summed E-state index contributed by atoms with van der Waals surface area (Å²) in [7, 11) is 0. The number of pyridine rings is 1. The number of amides is 2. The molecule has 1 N–H and O–H groups in total. The Labute approximate surface area is 212 Å². The molecule has 1 aliphatic heterocycles. The van der Waals surface area contributed by atoms with Crippen LogP contribution < -0.4 is 5.32 Å². The van der Waals surface area contributed by atoms with E-state index in [1.54, 1.807) is 30.6 Å². The van der Waals surface area contributed by atoms with E-state index in [4.69, 9.17) is 4.74 Å². The lowest BCUT2D eigenvalue weighted by Gasteiger charge is -2.44. The summed E-state index contributed by atoms with van der Waals surface area (Å²) >= 11 is 0. The van der Waals surface area contributed by atoms with E-state index in [-0.39, 0.29) is 24.0 Å². The predicted octanol–water partition coefficient (Wildman–Crippen LogP) is 5.03. The van der Waals surface area contributed by atoms with Gasteiger partial charge in [-0.25, -0.2) is 0 Å². The zero-order chi connectivity index (χ0) is 24.9. The van der Waals surface area contributed by atoms with Gasteiger partial charge in [0, 0.05) is 31.0 Å². The summed E-state index contributed by atoms with van der Waals surface area (Å²) in [5, 5.41) is 2.91. The molecule has 2 fully saturated rings. The van der Waals surface area contributed by atoms with Crippen molar-refractivity contribution in [2.24, 2.45) is 0 Å². The molecule has 6 nitrogen and oxygen atoms in total. The fourth-order valence-corrected chi connectivity index (χ4v) is 5.04. The Morgan fingerprint density at radius 1 is 1.08 bits per heavy atom. The lowest BCUT2D eigenvalue weighted by molar-refractivity contribution is -0.149. The molecule has 6 heteroatoms. The van der Waals surface area contributed by atoms with Gasteiger partial charge < -0.3 is 15.0 Å². The van der Waals surface area contributed by atoms with Gasteiger partial charge in [0.25, 0.3) is 11.8 Å². The molecule has 1 saturated carbocycles. The summed E-state index contributed by atoms with van der Waals surface area (Å²) in [4.78, 5) is 32.1. The second-order valence-electron chi connectivity index (χ2n) is 9.60. The summed E-state index contributed by atoms with van der Waals surface area (Å²) in [5.41, 5.74) is 4.65. The van der Waals surface area contributed by atoms with Crippen molar-refractivity contribution in [2.45, 2.75) is 57.8 Å². The number of nitrogens with zero attached hydrogens (tertiary/aromatic N) is 2. The predicted molar refractivity (Wildman–Crippen MR) is 139 cm³/mol. The van der Waals surface area contributed by atoms with Crippen LogP contribution in [-0.4, -0.2) is 33.8 Å². The topological polar surface area (TPSA) is 71.5 Å². The van der Waals surface area contributed by atoms with Crippen molar-refractivity contribution in [3.63, 3.8) is 0 Å². The lowest BCUT2D eigenvalue weighted by atomic mass is 9.89. The first kappa shape index (κ1) is 23.8. The number of aromatic nitrogens is 1. The summed E-state index contributed by atoms with van der Waals surface area (Å²) in [6, 6.07) is 19.4. The SMILES string of the molecule is Cc1cccc(CN2C(=O)/C(=C\c3ccc(C(=O)NCc4cccnc4)cc3)OC3CCCCC32)c1. The number of carbonyl (C=O) groups excluding carboxylic acids is 2. The van der Waals surface area contributed by atoms with Gasteiger partial charge in [-0.05, 0) is 67.2 Å². The molecule has 2 aromatic carbocycles. The summed E-state index contributed by atoms with van der Waals surface area (Å²) < 4.78 is 6.25. The van der Waals surface area contributed by atoms with Crippen LogP contribution in [0.5, 0.6) is 0 Å². The Morgan fingerprint density at radius 3 is 2.67 bits per heavy atom. The number of hydrogen-bond acceptors (Lipinski definition) is 4. The van der Waals surface area contributed by atoms with Crippen LogP contribution in [0.4, 0.5) is 0 Å². The largest absolute Gasteiger partial charge is 0.482 e. The van der Waals surface area contributed by atoms with Crippen LogP contribution in [0.15, 0.2) is 78.8 Å². The highest BCUT2D eigenvalue weighted by molar-refractivity contribution is 5.97. The summed E-state index contributed by atoms with van der Waals surface area (Å²) in [6.45, 7) is 3.07. The number of morpholine rings is 1. The number of fused-ring (bicyclic) bond motifs is 1. The molecule has 1 aliphatic carbocycles. The van der Waals surface area contributed by atoms with E-state index in [1.165, 1.54) is 5.56 Å².